The molecule has 0 aliphatic carbocycles. The zero-order chi connectivity index (χ0) is 14.8. The summed E-state index contributed by atoms with van der Waals surface area (Å²) in [6.07, 6.45) is 0. The third-order valence-corrected chi connectivity index (χ3v) is 5.20. The van der Waals surface area contributed by atoms with E-state index < -0.39 is 26.6 Å². The lowest BCUT2D eigenvalue weighted by Crippen LogP contribution is -2.49. The van der Waals surface area contributed by atoms with E-state index in [9.17, 15) is 17.2 Å². The lowest BCUT2D eigenvalue weighted by atomic mass is 10.3. The van der Waals surface area contributed by atoms with Crippen molar-refractivity contribution in [3.63, 3.8) is 0 Å². The van der Waals surface area contributed by atoms with Crippen LogP contribution in [-0.4, -0.2) is 62.1 Å². The van der Waals surface area contributed by atoms with Crippen molar-refractivity contribution in [1.82, 2.24) is 9.21 Å². The molecule has 0 aromatic heterocycles. The van der Waals surface area contributed by atoms with Crippen LogP contribution in [-0.2, 0) is 10.0 Å². The van der Waals surface area contributed by atoms with E-state index in [1.807, 2.05) is 4.90 Å². The number of aliphatic hydroxyl groups is 1. The largest absolute Gasteiger partial charge is 0.395 e. The van der Waals surface area contributed by atoms with Gasteiger partial charge in [0.15, 0.2) is 11.6 Å². The van der Waals surface area contributed by atoms with Gasteiger partial charge in [0, 0.05) is 32.7 Å². The topological polar surface area (TPSA) is 60.9 Å². The third kappa shape index (κ3) is 2.98. The van der Waals surface area contributed by atoms with Crippen LogP contribution in [0.5, 0.6) is 0 Å². The smallest absolute Gasteiger partial charge is 0.246 e. The van der Waals surface area contributed by atoms with E-state index in [0.717, 1.165) is 16.4 Å². The van der Waals surface area contributed by atoms with Gasteiger partial charge in [-0.1, -0.05) is 6.07 Å². The molecule has 8 heteroatoms. The maximum Gasteiger partial charge on any atom is 0.246 e. The normalized spacial score (nSPS) is 18.4. The highest BCUT2D eigenvalue weighted by Crippen LogP contribution is 2.22. The molecule has 1 fully saturated rings. The Bertz CT molecular complexity index is 572. The summed E-state index contributed by atoms with van der Waals surface area (Å²) in [7, 11) is -4.02. The molecule has 1 saturated heterocycles. The molecule has 0 bridgehead atoms. The zero-order valence-corrected chi connectivity index (χ0v) is 11.6. The summed E-state index contributed by atoms with van der Waals surface area (Å²) in [6, 6.07) is 3.12. The Kier molecular flexibility index (Phi) is 4.69. The second-order valence-corrected chi connectivity index (χ2v) is 6.43. The number of halogens is 2. The van der Waals surface area contributed by atoms with E-state index in [1.165, 1.54) is 6.07 Å². The number of hydrogen-bond acceptors (Lipinski definition) is 4. The first-order valence-electron chi connectivity index (χ1n) is 6.24. The van der Waals surface area contributed by atoms with Crippen LogP contribution in [0.25, 0.3) is 0 Å². The van der Waals surface area contributed by atoms with Crippen LogP contribution in [0.1, 0.15) is 0 Å². The molecule has 1 aliphatic rings. The monoisotopic (exact) mass is 306 g/mol. The van der Waals surface area contributed by atoms with Gasteiger partial charge in [0.05, 0.1) is 6.61 Å². The van der Waals surface area contributed by atoms with Gasteiger partial charge >= 0.3 is 0 Å². The number of rotatable bonds is 4. The van der Waals surface area contributed by atoms with E-state index in [1.54, 1.807) is 0 Å². The summed E-state index contributed by atoms with van der Waals surface area (Å²) in [5, 5.41) is 8.82. The first kappa shape index (κ1) is 15.3. The number of benzene rings is 1. The fourth-order valence-electron chi connectivity index (χ4n) is 2.16. The van der Waals surface area contributed by atoms with E-state index in [2.05, 4.69) is 0 Å². The molecule has 20 heavy (non-hydrogen) atoms. The Labute approximate surface area is 116 Å². The minimum Gasteiger partial charge on any atom is -0.395 e. The maximum atomic E-state index is 13.6. The second-order valence-electron chi connectivity index (χ2n) is 4.52. The predicted molar refractivity (Wildman–Crippen MR) is 68.6 cm³/mol. The van der Waals surface area contributed by atoms with Crippen LogP contribution in [0.4, 0.5) is 8.78 Å². The standard InChI is InChI=1S/C12H16F2N2O3S/c13-10-2-1-3-11(12(10)14)20(18,19)16-6-4-15(5-7-16)8-9-17/h1-3,17H,4-9H2. The first-order valence-corrected chi connectivity index (χ1v) is 7.68. The van der Waals surface area contributed by atoms with Gasteiger partial charge in [0.2, 0.25) is 10.0 Å². The van der Waals surface area contributed by atoms with Crippen molar-refractivity contribution < 1.29 is 22.3 Å². The maximum absolute atomic E-state index is 13.6. The van der Waals surface area contributed by atoms with Gasteiger partial charge in [-0.25, -0.2) is 17.2 Å². The highest BCUT2D eigenvalue weighted by atomic mass is 32.2. The molecule has 5 nitrogen and oxygen atoms in total. The molecular weight excluding hydrogens is 290 g/mol. The lowest BCUT2D eigenvalue weighted by Gasteiger charge is -2.33. The Hall–Kier alpha value is -1.09. The number of hydrogen-bond donors (Lipinski definition) is 1. The SMILES string of the molecule is O=S(=O)(c1cccc(F)c1F)N1CCN(CCO)CC1. The molecule has 2 rings (SSSR count). The Morgan fingerprint density at radius 2 is 1.80 bits per heavy atom. The van der Waals surface area contributed by atoms with Crippen molar-refractivity contribution >= 4 is 10.0 Å². The summed E-state index contributed by atoms with van der Waals surface area (Å²) < 4.78 is 52.5. The summed E-state index contributed by atoms with van der Waals surface area (Å²) in [5.74, 6) is -2.52. The fraction of sp³-hybridized carbons (Fsp3) is 0.500. The molecule has 1 aromatic rings. The molecule has 1 aliphatic heterocycles. The van der Waals surface area contributed by atoms with E-state index in [0.29, 0.717) is 19.6 Å². The van der Waals surface area contributed by atoms with Gasteiger partial charge in [0.25, 0.3) is 0 Å². The van der Waals surface area contributed by atoms with Crippen LogP contribution >= 0.6 is 0 Å². The average Bonchev–Trinajstić information content (AvgIpc) is 2.42. The summed E-state index contributed by atoms with van der Waals surface area (Å²) in [6.45, 7) is 1.78. The van der Waals surface area contributed by atoms with Crippen LogP contribution in [0.2, 0.25) is 0 Å². The first-order chi connectivity index (χ1) is 9.46. The predicted octanol–water partition coefficient (Wildman–Crippen LogP) is 0.263. The van der Waals surface area contributed by atoms with Crippen molar-refractivity contribution in [3.8, 4) is 0 Å². The van der Waals surface area contributed by atoms with Crippen molar-refractivity contribution in [2.45, 2.75) is 4.90 Å². The molecule has 0 saturated carbocycles. The van der Waals surface area contributed by atoms with Crippen LogP contribution in [0.15, 0.2) is 23.1 Å². The number of aliphatic hydroxyl groups excluding tert-OH is 1. The molecule has 0 spiro atoms. The van der Waals surface area contributed by atoms with Gasteiger partial charge in [-0.05, 0) is 12.1 Å². The molecule has 1 N–H and O–H groups in total. The lowest BCUT2D eigenvalue weighted by molar-refractivity contribution is 0.151. The van der Waals surface area contributed by atoms with Gasteiger partial charge in [0.1, 0.15) is 4.90 Å². The number of sulfonamides is 1. The van der Waals surface area contributed by atoms with Crippen molar-refractivity contribution in [2.75, 3.05) is 39.3 Å². The van der Waals surface area contributed by atoms with Crippen LogP contribution in [0, 0.1) is 11.6 Å². The molecule has 0 amide bonds. The van der Waals surface area contributed by atoms with Crippen molar-refractivity contribution in [2.24, 2.45) is 0 Å². The van der Waals surface area contributed by atoms with Gasteiger partial charge < -0.3 is 5.11 Å². The fourth-order valence-corrected chi connectivity index (χ4v) is 3.65. The average molecular weight is 306 g/mol. The molecular formula is C12H16F2N2O3S. The highest BCUT2D eigenvalue weighted by molar-refractivity contribution is 7.89. The molecule has 112 valence electrons. The van der Waals surface area contributed by atoms with Crippen LogP contribution < -0.4 is 0 Å². The van der Waals surface area contributed by atoms with Gasteiger partial charge in [-0.2, -0.15) is 4.31 Å². The number of nitrogens with zero attached hydrogens (tertiary/aromatic N) is 2. The van der Waals surface area contributed by atoms with Gasteiger partial charge in [-0.3, -0.25) is 4.90 Å². The molecule has 0 atom stereocenters. The summed E-state index contributed by atoms with van der Waals surface area (Å²) in [4.78, 5) is 1.28. The summed E-state index contributed by atoms with van der Waals surface area (Å²) in [5.41, 5.74) is 0. The Morgan fingerprint density at radius 3 is 2.40 bits per heavy atom. The molecule has 0 unspecified atom stereocenters. The third-order valence-electron chi connectivity index (χ3n) is 3.28. The quantitative estimate of drug-likeness (QED) is 0.867. The number of piperazine rings is 1. The minimum absolute atomic E-state index is 0.00523. The van der Waals surface area contributed by atoms with Crippen molar-refractivity contribution in [3.05, 3.63) is 29.8 Å². The second kappa shape index (κ2) is 6.13. The molecule has 1 aromatic carbocycles. The molecule has 1 heterocycles. The minimum atomic E-state index is -4.02. The molecule has 0 radical (unpaired) electrons. The van der Waals surface area contributed by atoms with E-state index in [-0.39, 0.29) is 19.7 Å². The van der Waals surface area contributed by atoms with E-state index >= 15 is 0 Å². The zero-order valence-electron chi connectivity index (χ0n) is 10.8. The summed E-state index contributed by atoms with van der Waals surface area (Å²) >= 11 is 0. The Morgan fingerprint density at radius 1 is 1.15 bits per heavy atom. The van der Waals surface area contributed by atoms with Gasteiger partial charge in [-0.15, -0.1) is 0 Å². The highest BCUT2D eigenvalue weighted by Gasteiger charge is 2.31. The van der Waals surface area contributed by atoms with E-state index in [4.69, 9.17) is 5.11 Å². The van der Waals surface area contributed by atoms with Crippen LogP contribution in [0.3, 0.4) is 0 Å². The van der Waals surface area contributed by atoms with Crippen molar-refractivity contribution in [1.29, 1.82) is 0 Å². The number of β-amino-alcohol motifs (C(OH)–C–C–N with tert-alkyl or cyclic N) is 1. The Balaban J connectivity index is 2.18.